The van der Waals surface area contributed by atoms with Crippen LogP contribution in [0.3, 0.4) is 0 Å². The highest BCUT2D eigenvalue weighted by atomic mass is 16.6. The van der Waals surface area contributed by atoms with Crippen LogP contribution in [-0.2, 0) is 16.1 Å². The van der Waals surface area contributed by atoms with E-state index in [1.54, 1.807) is 7.05 Å². The fourth-order valence-corrected chi connectivity index (χ4v) is 3.57. The van der Waals surface area contributed by atoms with Gasteiger partial charge < -0.3 is 26.0 Å². The zero-order valence-corrected chi connectivity index (χ0v) is 19.9. The molecule has 0 heterocycles. The Morgan fingerprint density at radius 3 is 2.47 bits per heavy atom. The van der Waals surface area contributed by atoms with E-state index < -0.39 is 11.7 Å². The zero-order valence-electron chi connectivity index (χ0n) is 19.9. The molecule has 1 aliphatic rings. The number of nitrogens with one attached hydrogen (secondary N) is 4. The fraction of sp³-hybridized carbons (Fsp3) is 0.625. The molecule has 0 atom stereocenters. The first-order valence-electron chi connectivity index (χ1n) is 11.6. The summed E-state index contributed by atoms with van der Waals surface area (Å²) in [6.07, 6.45) is 5.83. The van der Waals surface area contributed by atoms with E-state index in [0.29, 0.717) is 25.6 Å². The molecule has 8 heteroatoms. The van der Waals surface area contributed by atoms with Gasteiger partial charge in [-0.05, 0) is 57.7 Å². The van der Waals surface area contributed by atoms with Crippen molar-refractivity contribution in [2.75, 3.05) is 25.5 Å². The second kappa shape index (κ2) is 12.9. The van der Waals surface area contributed by atoms with Gasteiger partial charge in [0.1, 0.15) is 5.60 Å². The number of carbonyl (C=O) groups is 2. The molecule has 1 aromatic carbocycles. The minimum Gasteiger partial charge on any atom is -0.444 e. The summed E-state index contributed by atoms with van der Waals surface area (Å²) < 4.78 is 5.21. The number of benzene rings is 1. The Balaban J connectivity index is 1.69. The molecule has 0 unspecified atom stereocenters. The van der Waals surface area contributed by atoms with Crippen LogP contribution in [0, 0.1) is 5.92 Å². The lowest BCUT2D eigenvalue weighted by molar-refractivity contribution is -0.120. The number of rotatable bonds is 8. The number of carbonyl (C=O) groups excluding carboxylic acids is 2. The summed E-state index contributed by atoms with van der Waals surface area (Å²) in [5.74, 6) is 0.949. The largest absolute Gasteiger partial charge is 0.444 e. The normalized spacial score (nSPS) is 15.1. The average molecular weight is 446 g/mol. The molecular weight excluding hydrogens is 406 g/mol. The van der Waals surface area contributed by atoms with Gasteiger partial charge in [-0.15, -0.1) is 0 Å². The van der Waals surface area contributed by atoms with Crippen molar-refractivity contribution >= 4 is 23.6 Å². The molecule has 8 nitrogen and oxygen atoms in total. The highest BCUT2D eigenvalue weighted by Crippen LogP contribution is 2.25. The molecule has 1 aliphatic carbocycles. The topological polar surface area (TPSA) is 104 Å². The predicted molar refractivity (Wildman–Crippen MR) is 129 cm³/mol. The summed E-state index contributed by atoms with van der Waals surface area (Å²) >= 11 is 0. The molecule has 1 fully saturated rings. The number of nitrogens with zero attached hydrogens (tertiary/aromatic N) is 1. The van der Waals surface area contributed by atoms with Crippen LogP contribution in [0.1, 0.15) is 64.9 Å². The molecule has 0 bridgehead atoms. The Morgan fingerprint density at radius 1 is 1.06 bits per heavy atom. The number of anilines is 1. The van der Waals surface area contributed by atoms with Crippen molar-refractivity contribution in [3.05, 3.63) is 29.8 Å². The van der Waals surface area contributed by atoms with Crippen molar-refractivity contribution in [2.24, 2.45) is 10.9 Å². The molecule has 1 saturated carbocycles. The second-order valence-corrected chi connectivity index (χ2v) is 9.16. The van der Waals surface area contributed by atoms with Gasteiger partial charge in [0.2, 0.25) is 5.91 Å². The van der Waals surface area contributed by atoms with Crippen molar-refractivity contribution in [3.63, 3.8) is 0 Å². The maximum absolute atomic E-state index is 12.5. The van der Waals surface area contributed by atoms with Gasteiger partial charge in [0, 0.05) is 38.3 Å². The quantitative estimate of drug-likeness (QED) is 0.277. The molecular formula is C24H39N5O3. The van der Waals surface area contributed by atoms with Crippen LogP contribution in [0.5, 0.6) is 0 Å². The molecule has 32 heavy (non-hydrogen) atoms. The molecule has 0 saturated heterocycles. The lowest BCUT2D eigenvalue weighted by Crippen LogP contribution is -2.39. The van der Waals surface area contributed by atoms with E-state index in [1.165, 1.54) is 6.42 Å². The number of ether oxygens (including phenoxy) is 1. The first-order valence-corrected chi connectivity index (χ1v) is 11.6. The summed E-state index contributed by atoms with van der Waals surface area (Å²) in [5.41, 5.74) is 1.39. The molecule has 0 spiro atoms. The van der Waals surface area contributed by atoms with E-state index in [4.69, 9.17) is 4.74 Å². The van der Waals surface area contributed by atoms with Gasteiger partial charge in [0.15, 0.2) is 5.96 Å². The Kier molecular flexibility index (Phi) is 10.3. The molecule has 4 N–H and O–H groups in total. The number of alkyl carbamates (subject to hydrolysis) is 1. The first kappa shape index (κ1) is 25.5. The summed E-state index contributed by atoms with van der Waals surface area (Å²) in [5, 5.41) is 12.3. The Morgan fingerprint density at radius 2 is 1.78 bits per heavy atom. The van der Waals surface area contributed by atoms with Gasteiger partial charge in [-0.2, -0.15) is 0 Å². The highest BCUT2D eigenvalue weighted by Gasteiger charge is 2.21. The molecule has 0 radical (unpaired) electrons. The third-order valence-corrected chi connectivity index (χ3v) is 5.17. The van der Waals surface area contributed by atoms with Crippen molar-refractivity contribution in [2.45, 2.75) is 71.4 Å². The lowest BCUT2D eigenvalue weighted by Gasteiger charge is -2.21. The van der Waals surface area contributed by atoms with Gasteiger partial charge >= 0.3 is 6.09 Å². The molecule has 2 amide bonds. The fourth-order valence-electron chi connectivity index (χ4n) is 3.57. The first-order chi connectivity index (χ1) is 15.3. The summed E-state index contributed by atoms with van der Waals surface area (Å²) in [6.45, 7) is 7.27. The van der Waals surface area contributed by atoms with Crippen LogP contribution in [0.2, 0.25) is 0 Å². The van der Waals surface area contributed by atoms with E-state index in [1.807, 2.05) is 45.0 Å². The van der Waals surface area contributed by atoms with Crippen molar-refractivity contribution in [1.29, 1.82) is 0 Å². The Bertz CT molecular complexity index is 767. The van der Waals surface area contributed by atoms with Crippen LogP contribution in [-0.4, -0.2) is 43.7 Å². The standard InChI is InChI=1S/C24H39N5O3/c1-24(2,3)32-23(31)27-15-9-14-26-22(25-4)28-17-18-10-8-13-20(16-18)29-21(30)19-11-6-5-7-12-19/h8,10,13,16,19H,5-7,9,11-12,14-15,17H2,1-4H3,(H,27,31)(H,29,30)(H2,25,26,28). The highest BCUT2D eigenvalue weighted by molar-refractivity contribution is 5.92. The molecule has 2 rings (SSSR count). The van der Waals surface area contributed by atoms with Gasteiger partial charge in [0.25, 0.3) is 0 Å². The van der Waals surface area contributed by atoms with Gasteiger partial charge in [-0.3, -0.25) is 9.79 Å². The van der Waals surface area contributed by atoms with Crippen LogP contribution in [0.25, 0.3) is 0 Å². The van der Waals surface area contributed by atoms with Gasteiger partial charge in [0.05, 0.1) is 0 Å². The Hall–Kier alpha value is -2.77. The summed E-state index contributed by atoms with van der Waals surface area (Å²) in [4.78, 5) is 28.4. The van der Waals surface area contributed by atoms with Crippen molar-refractivity contribution in [3.8, 4) is 0 Å². The molecule has 0 aliphatic heterocycles. The minimum atomic E-state index is -0.496. The average Bonchev–Trinajstić information content (AvgIpc) is 2.75. The lowest BCUT2D eigenvalue weighted by atomic mass is 9.88. The van der Waals surface area contributed by atoms with E-state index in [9.17, 15) is 9.59 Å². The zero-order chi connectivity index (χ0) is 23.4. The van der Waals surface area contributed by atoms with E-state index in [2.05, 4.69) is 26.3 Å². The van der Waals surface area contributed by atoms with Crippen LogP contribution in [0.15, 0.2) is 29.3 Å². The van der Waals surface area contributed by atoms with E-state index in [-0.39, 0.29) is 11.8 Å². The smallest absolute Gasteiger partial charge is 0.407 e. The molecule has 0 aromatic heterocycles. The van der Waals surface area contributed by atoms with Gasteiger partial charge in [-0.1, -0.05) is 31.4 Å². The maximum atomic E-state index is 12.5. The monoisotopic (exact) mass is 445 g/mol. The van der Waals surface area contributed by atoms with Crippen LogP contribution < -0.4 is 21.3 Å². The summed E-state index contributed by atoms with van der Waals surface area (Å²) in [7, 11) is 1.72. The SMILES string of the molecule is CN=C(NCCCNC(=O)OC(C)(C)C)NCc1cccc(NC(=O)C2CCCCC2)c1. The Labute approximate surface area is 192 Å². The summed E-state index contributed by atoms with van der Waals surface area (Å²) in [6, 6.07) is 7.88. The molecule has 1 aromatic rings. The van der Waals surface area contributed by atoms with E-state index in [0.717, 1.165) is 43.4 Å². The number of amides is 2. The van der Waals surface area contributed by atoms with Crippen LogP contribution in [0.4, 0.5) is 10.5 Å². The minimum absolute atomic E-state index is 0.132. The number of aliphatic imine (C=N–C) groups is 1. The van der Waals surface area contributed by atoms with Crippen molar-refractivity contribution in [1.82, 2.24) is 16.0 Å². The predicted octanol–water partition coefficient (Wildman–Crippen LogP) is 3.79. The van der Waals surface area contributed by atoms with E-state index >= 15 is 0 Å². The number of hydrogen-bond donors (Lipinski definition) is 4. The molecule has 178 valence electrons. The third-order valence-electron chi connectivity index (χ3n) is 5.17. The third kappa shape index (κ3) is 10.0. The number of hydrogen-bond acceptors (Lipinski definition) is 4. The van der Waals surface area contributed by atoms with Gasteiger partial charge in [-0.25, -0.2) is 4.79 Å². The number of guanidine groups is 1. The maximum Gasteiger partial charge on any atom is 0.407 e. The van der Waals surface area contributed by atoms with Crippen molar-refractivity contribution < 1.29 is 14.3 Å². The second-order valence-electron chi connectivity index (χ2n) is 9.16. The van der Waals surface area contributed by atoms with Crippen LogP contribution >= 0.6 is 0 Å².